The first-order valence-corrected chi connectivity index (χ1v) is 11.8. The molecule has 2 amide bonds. The Morgan fingerprint density at radius 3 is 2.20 bits per heavy atom. The van der Waals surface area contributed by atoms with Gasteiger partial charge in [-0.2, -0.15) is 0 Å². The van der Waals surface area contributed by atoms with Gasteiger partial charge in [-0.05, 0) is 36.1 Å². The second-order valence-electron chi connectivity index (χ2n) is 7.44. The molecule has 2 aromatic carbocycles. The Labute approximate surface area is 179 Å². The molecule has 1 aliphatic heterocycles. The minimum absolute atomic E-state index is 0.0118. The summed E-state index contributed by atoms with van der Waals surface area (Å²) in [4.78, 5) is 20.8. The van der Waals surface area contributed by atoms with E-state index < -0.39 is 10.0 Å². The summed E-state index contributed by atoms with van der Waals surface area (Å²) in [5, 5.41) is 5.62. The van der Waals surface area contributed by atoms with E-state index in [1.54, 1.807) is 11.8 Å². The molecule has 0 aliphatic carbocycles. The van der Waals surface area contributed by atoms with E-state index >= 15 is 0 Å². The number of carbonyl (C=O) groups excluding carboxylic acids is 1. The van der Waals surface area contributed by atoms with Crippen LogP contribution in [-0.4, -0.2) is 32.5 Å². The Morgan fingerprint density at radius 2 is 1.60 bits per heavy atom. The molecular weight excluding hydrogens is 420 g/mol. The number of aromatic nitrogens is 1. The summed E-state index contributed by atoms with van der Waals surface area (Å²) in [6.07, 6.45) is 0. The molecule has 1 saturated heterocycles. The molecule has 3 aromatic rings. The number of sulfonamides is 1. The van der Waals surface area contributed by atoms with Gasteiger partial charge in [0.15, 0.2) is 9.34 Å². The van der Waals surface area contributed by atoms with E-state index in [9.17, 15) is 13.2 Å². The maximum Gasteiger partial charge on any atom is 0.330 e. The van der Waals surface area contributed by atoms with E-state index in [4.69, 9.17) is 5.14 Å². The van der Waals surface area contributed by atoms with Crippen LogP contribution in [0.4, 0.5) is 15.6 Å². The van der Waals surface area contributed by atoms with E-state index in [0.717, 1.165) is 28.2 Å². The van der Waals surface area contributed by atoms with Crippen molar-refractivity contribution in [1.82, 2.24) is 4.98 Å². The number of urea groups is 1. The van der Waals surface area contributed by atoms with E-state index in [1.165, 1.54) is 4.90 Å². The largest absolute Gasteiger partial charge is 0.330 e. The lowest BCUT2D eigenvalue weighted by Gasteiger charge is -2.37. The van der Waals surface area contributed by atoms with Gasteiger partial charge in [0.25, 0.3) is 0 Å². The zero-order valence-corrected chi connectivity index (χ0v) is 18.3. The van der Waals surface area contributed by atoms with Crippen LogP contribution in [0.1, 0.15) is 12.6 Å². The van der Waals surface area contributed by atoms with Crippen LogP contribution in [0.2, 0.25) is 0 Å². The average molecular weight is 443 g/mol. The van der Waals surface area contributed by atoms with Crippen LogP contribution in [0.5, 0.6) is 0 Å². The molecule has 1 atom stereocenters. The highest BCUT2D eigenvalue weighted by molar-refractivity contribution is 7.91. The van der Waals surface area contributed by atoms with Gasteiger partial charge in [-0.15, -0.1) is 0 Å². The Morgan fingerprint density at radius 1 is 1.00 bits per heavy atom. The fraction of sp³-hybridized carbons (Fsp3) is 0.238. The standard InChI is InChI=1S/C21H22N4O3S2/c1-14-12-24(18-10-8-17(9-11-18)16-6-4-3-5-7-16)21(26)25(13-14)20-23-15(2)19(29-20)30(22,27)28/h3-11,14H,12-13H2,1-2H3,(H2,22,27,28). The van der Waals surface area contributed by atoms with Gasteiger partial charge in [-0.3, -0.25) is 9.80 Å². The summed E-state index contributed by atoms with van der Waals surface area (Å²) in [7, 11) is -3.87. The maximum atomic E-state index is 13.2. The topological polar surface area (TPSA) is 96.6 Å². The fourth-order valence-electron chi connectivity index (χ4n) is 3.57. The Hall–Kier alpha value is -2.75. The maximum absolute atomic E-state index is 13.2. The first-order valence-electron chi connectivity index (χ1n) is 9.49. The number of carbonyl (C=O) groups is 1. The van der Waals surface area contributed by atoms with Crippen LogP contribution >= 0.6 is 11.3 Å². The van der Waals surface area contributed by atoms with Crippen molar-refractivity contribution in [3.63, 3.8) is 0 Å². The molecule has 1 aromatic heterocycles. The molecule has 4 rings (SSSR count). The lowest BCUT2D eigenvalue weighted by molar-refractivity contribution is 0.245. The van der Waals surface area contributed by atoms with Crippen LogP contribution in [0.3, 0.4) is 0 Å². The molecular formula is C21H22N4O3S2. The monoisotopic (exact) mass is 442 g/mol. The Bertz CT molecular complexity index is 1170. The molecule has 9 heteroatoms. The molecule has 30 heavy (non-hydrogen) atoms. The van der Waals surface area contributed by atoms with Gasteiger partial charge in [0, 0.05) is 18.8 Å². The molecule has 0 bridgehead atoms. The van der Waals surface area contributed by atoms with Crippen molar-refractivity contribution in [3.05, 3.63) is 60.3 Å². The fourth-order valence-corrected chi connectivity index (χ4v) is 5.52. The van der Waals surface area contributed by atoms with Crippen LogP contribution in [0, 0.1) is 12.8 Å². The normalized spacial score (nSPS) is 17.4. The Balaban J connectivity index is 1.63. The molecule has 0 radical (unpaired) electrons. The second kappa shape index (κ2) is 7.82. The summed E-state index contributed by atoms with van der Waals surface area (Å²) in [5.41, 5.74) is 3.28. The summed E-state index contributed by atoms with van der Waals surface area (Å²) in [5.74, 6) is 0.179. The molecule has 1 aliphatic rings. The van der Waals surface area contributed by atoms with Crippen LogP contribution in [-0.2, 0) is 10.0 Å². The number of anilines is 2. The smallest absolute Gasteiger partial charge is 0.294 e. The zero-order valence-electron chi connectivity index (χ0n) is 16.6. The van der Waals surface area contributed by atoms with Crippen LogP contribution in [0.25, 0.3) is 11.1 Å². The highest BCUT2D eigenvalue weighted by atomic mass is 32.2. The van der Waals surface area contributed by atoms with Crippen molar-refractivity contribution in [1.29, 1.82) is 0 Å². The number of nitrogens with two attached hydrogens (primary N) is 1. The predicted octanol–water partition coefficient (Wildman–Crippen LogP) is 3.85. The van der Waals surface area contributed by atoms with Crippen molar-refractivity contribution in [2.45, 2.75) is 18.1 Å². The first kappa shape index (κ1) is 20.5. The van der Waals surface area contributed by atoms with Gasteiger partial charge in [-0.1, -0.05) is 60.7 Å². The Kier molecular flexibility index (Phi) is 5.35. The number of hydrogen-bond acceptors (Lipinski definition) is 5. The molecule has 1 unspecified atom stereocenters. The minimum Gasteiger partial charge on any atom is -0.294 e. The van der Waals surface area contributed by atoms with Crippen molar-refractivity contribution >= 4 is 38.2 Å². The molecule has 7 nitrogen and oxygen atoms in total. The first-order chi connectivity index (χ1) is 14.2. The van der Waals surface area contributed by atoms with Gasteiger partial charge < -0.3 is 0 Å². The number of benzene rings is 2. The van der Waals surface area contributed by atoms with Crippen molar-refractivity contribution in [2.75, 3.05) is 22.9 Å². The lowest BCUT2D eigenvalue weighted by atomic mass is 10.0. The minimum atomic E-state index is -3.87. The van der Waals surface area contributed by atoms with Gasteiger partial charge in [0.05, 0.1) is 5.69 Å². The number of thiazole rings is 1. The summed E-state index contributed by atoms with van der Waals surface area (Å²) in [6, 6.07) is 17.7. The molecule has 0 saturated carbocycles. The van der Waals surface area contributed by atoms with E-state index in [0.29, 0.717) is 23.9 Å². The van der Waals surface area contributed by atoms with Gasteiger partial charge in [0.2, 0.25) is 10.0 Å². The third-order valence-electron chi connectivity index (χ3n) is 4.97. The van der Waals surface area contributed by atoms with E-state index in [-0.39, 0.29) is 16.2 Å². The zero-order chi connectivity index (χ0) is 21.5. The third-order valence-corrected chi connectivity index (χ3v) is 7.70. The van der Waals surface area contributed by atoms with Crippen molar-refractivity contribution in [2.24, 2.45) is 11.1 Å². The third kappa shape index (κ3) is 3.96. The highest BCUT2D eigenvalue weighted by Crippen LogP contribution is 2.33. The van der Waals surface area contributed by atoms with Gasteiger partial charge >= 0.3 is 6.03 Å². The number of rotatable bonds is 4. The average Bonchev–Trinajstić information content (AvgIpc) is 3.12. The van der Waals surface area contributed by atoms with E-state index in [1.807, 2.05) is 61.5 Å². The van der Waals surface area contributed by atoms with Crippen molar-refractivity contribution in [3.8, 4) is 11.1 Å². The number of primary sulfonamides is 1. The molecule has 1 fully saturated rings. The number of aryl methyl sites for hydroxylation is 1. The molecule has 0 spiro atoms. The molecule has 156 valence electrons. The van der Waals surface area contributed by atoms with Crippen LogP contribution in [0.15, 0.2) is 58.8 Å². The van der Waals surface area contributed by atoms with Crippen molar-refractivity contribution < 1.29 is 13.2 Å². The summed E-state index contributed by atoms with van der Waals surface area (Å²) in [6.45, 7) is 4.67. The second-order valence-corrected chi connectivity index (χ2v) is 10.2. The number of nitrogens with zero attached hydrogens (tertiary/aromatic N) is 3. The quantitative estimate of drug-likeness (QED) is 0.664. The molecule has 2 N–H and O–H groups in total. The van der Waals surface area contributed by atoms with Crippen LogP contribution < -0.4 is 14.9 Å². The number of amides is 2. The summed E-state index contributed by atoms with van der Waals surface area (Å²) >= 11 is 0.930. The van der Waals surface area contributed by atoms with Gasteiger partial charge in [0.1, 0.15) is 0 Å². The summed E-state index contributed by atoms with van der Waals surface area (Å²) < 4.78 is 23.5. The van der Waals surface area contributed by atoms with E-state index in [2.05, 4.69) is 4.98 Å². The predicted molar refractivity (Wildman–Crippen MR) is 119 cm³/mol. The molecule has 2 heterocycles. The highest BCUT2D eigenvalue weighted by Gasteiger charge is 2.34. The SMILES string of the molecule is Cc1nc(N2CC(C)CN(c3ccc(-c4ccccc4)cc3)C2=O)sc1S(N)(=O)=O. The lowest BCUT2D eigenvalue weighted by Crippen LogP contribution is -2.53. The van der Waals surface area contributed by atoms with Gasteiger partial charge in [-0.25, -0.2) is 23.3 Å². The number of hydrogen-bond donors (Lipinski definition) is 1.